The molecule has 1 heterocycles. The van der Waals surface area contributed by atoms with Crippen LogP contribution >= 0.6 is 0 Å². The lowest BCUT2D eigenvalue weighted by atomic mass is 9.88. The molecule has 0 spiro atoms. The molecule has 2 atom stereocenters. The lowest BCUT2D eigenvalue weighted by molar-refractivity contribution is -0.138. The number of halogens is 3. The molecular formula is C9H16F3N. The molecule has 0 aromatic rings. The Kier molecular flexibility index (Phi) is 3.59. The van der Waals surface area contributed by atoms with Gasteiger partial charge in [-0.25, -0.2) is 0 Å². The Bertz CT molecular complexity index is 155. The Morgan fingerprint density at radius 2 is 2.00 bits per heavy atom. The zero-order chi connectivity index (χ0) is 9.90. The van der Waals surface area contributed by atoms with E-state index in [4.69, 9.17) is 0 Å². The smallest absolute Gasteiger partial charge is 0.316 e. The molecule has 1 saturated heterocycles. The third-order valence-corrected chi connectivity index (χ3v) is 2.50. The van der Waals surface area contributed by atoms with E-state index in [0.717, 1.165) is 19.5 Å². The standard InChI is InChI=1S/C9H16F3N/c1-7-4-8(6-13-5-7)2-3-9(10,11)12/h7-8,13H,2-6H2,1H3. The van der Waals surface area contributed by atoms with Crippen LogP contribution in [0.1, 0.15) is 26.2 Å². The maximum atomic E-state index is 11.9. The van der Waals surface area contributed by atoms with E-state index in [1.807, 2.05) is 0 Å². The fraction of sp³-hybridized carbons (Fsp3) is 1.00. The summed E-state index contributed by atoms with van der Waals surface area (Å²) in [5, 5.41) is 3.15. The van der Waals surface area contributed by atoms with E-state index in [2.05, 4.69) is 12.2 Å². The average molecular weight is 195 g/mol. The van der Waals surface area contributed by atoms with E-state index in [1.165, 1.54) is 0 Å². The molecule has 4 heteroatoms. The second-order valence-electron chi connectivity index (χ2n) is 4.02. The molecule has 0 aliphatic carbocycles. The highest BCUT2D eigenvalue weighted by Gasteiger charge is 2.29. The van der Waals surface area contributed by atoms with Crippen molar-refractivity contribution in [3.05, 3.63) is 0 Å². The molecule has 0 radical (unpaired) electrons. The predicted octanol–water partition coefficient (Wildman–Crippen LogP) is 2.57. The largest absolute Gasteiger partial charge is 0.389 e. The minimum absolute atomic E-state index is 0.213. The number of piperidine rings is 1. The maximum Gasteiger partial charge on any atom is 0.389 e. The van der Waals surface area contributed by atoms with Crippen molar-refractivity contribution in [2.75, 3.05) is 13.1 Å². The molecule has 13 heavy (non-hydrogen) atoms. The summed E-state index contributed by atoms with van der Waals surface area (Å²) in [6.07, 6.45) is -3.41. The summed E-state index contributed by atoms with van der Waals surface area (Å²) in [6, 6.07) is 0. The topological polar surface area (TPSA) is 12.0 Å². The van der Waals surface area contributed by atoms with E-state index in [0.29, 0.717) is 5.92 Å². The van der Waals surface area contributed by atoms with Gasteiger partial charge in [-0.05, 0) is 37.8 Å². The minimum atomic E-state index is -3.99. The van der Waals surface area contributed by atoms with Crippen molar-refractivity contribution >= 4 is 0 Å². The third kappa shape index (κ3) is 4.50. The van der Waals surface area contributed by atoms with Gasteiger partial charge in [0.25, 0.3) is 0 Å². The number of hydrogen-bond donors (Lipinski definition) is 1. The van der Waals surface area contributed by atoms with Crippen molar-refractivity contribution in [1.29, 1.82) is 0 Å². The van der Waals surface area contributed by atoms with Crippen LogP contribution < -0.4 is 5.32 Å². The van der Waals surface area contributed by atoms with E-state index in [9.17, 15) is 13.2 Å². The molecule has 1 fully saturated rings. The van der Waals surface area contributed by atoms with Crippen LogP contribution in [0.3, 0.4) is 0 Å². The van der Waals surface area contributed by atoms with E-state index < -0.39 is 12.6 Å². The van der Waals surface area contributed by atoms with Gasteiger partial charge >= 0.3 is 6.18 Å². The van der Waals surface area contributed by atoms with Crippen LogP contribution in [0, 0.1) is 11.8 Å². The summed E-state index contributed by atoms with van der Waals surface area (Å²) in [4.78, 5) is 0. The molecule has 0 bridgehead atoms. The SMILES string of the molecule is CC1CNCC(CCC(F)(F)F)C1. The van der Waals surface area contributed by atoms with Crippen LogP contribution in [0.2, 0.25) is 0 Å². The Morgan fingerprint density at radius 1 is 1.31 bits per heavy atom. The number of nitrogens with one attached hydrogen (secondary N) is 1. The van der Waals surface area contributed by atoms with Gasteiger partial charge in [0.05, 0.1) is 0 Å². The highest BCUT2D eigenvalue weighted by atomic mass is 19.4. The van der Waals surface area contributed by atoms with Crippen molar-refractivity contribution in [1.82, 2.24) is 5.32 Å². The molecule has 1 aliphatic rings. The molecule has 0 saturated carbocycles. The van der Waals surface area contributed by atoms with Crippen LogP contribution in [0.15, 0.2) is 0 Å². The van der Waals surface area contributed by atoms with Crippen molar-refractivity contribution in [2.24, 2.45) is 11.8 Å². The highest BCUT2D eigenvalue weighted by molar-refractivity contribution is 4.74. The van der Waals surface area contributed by atoms with Crippen LogP contribution in [0.4, 0.5) is 13.2 Å². The quantitative estimate of drug-likeness (QED) is 0.714. The van der Waals surface area contributed by atoms with Crippen molar-refractivity contribution in [3.63, 3.8) is 0 Å². The number of rotatable bonds is 2. The molecule has 1 rings (SSSR count). The summed E-state index contributed by atoms with van der Waals surface area (Å²) in [7, 11) is 0. The fourth-order valence-corrected chi connectivity index (χ4v) is 1.86. The Balaban J connectivity index is 2.21. The number of hydrogen-bond acceptors (Lipinski definition) is 1. The molecule has 1 N–H and O–H groups in total. The van der Waals surface area contributed by atoms with Gasteiger partial charge in [-0.1, -0.05) is 6.92 Å². The molecular weight excluding hydrogens is 179 g/mol. The first-order chi connectivity index (χ1) is 5.97. The summed E-state index contributed by atoms with van der Waals surface area (Å²) in [5.74, 6) is 0.734. The molecule has 1 nitrogen and oxygen atoms in total. The first kappa shape index (κ1) is 10.8. The Labute approximate surface area is 76.7 Å². The van der Waals surface area contributed by atoms with Gasteiger partial charge in [-0.15, -0.1) is 0 Å². The monoisotopic (exact) mass is 195 g/mol. The summed E-state index contributed by atoms with van der Waals surface area (Å²) in [6.45, 7) is 3.77. The van der Waals surface area contributed by atoms with Crippen molar-refractivity contribution in [2.45, 2.75) is 32.4 Å². The Morgan fingerprint density at radius 3 is 2.54 bits per heavy atom. The molecule has 0 aromatic heterocycles. The predicted molar refractivity (Wildman–Crippen MR) is 45.4 cm³/mol. The van der Waals surface area contributed by atoms with Crippen molar-refractivity contribution in [3.8, 4) is 0 Å². The zero-order valence-corrected chi connectivity index (χ0v) is 7.82. The molecule has 1 aliphatic heterocycles. The molecule has 78 valence electrons. The van der Waals surface area contributed by atoms with Crippen molar-refractivity contribution < 1.29 is 13.2 Å². The summed E-state index contributed by atoms with van der Waals surface area (Å²) in [5.41, 5.74) is 0. The maximum absolute atomic E-state index is 11.9. The molecule has 2 unspecified atom stereocenters. The van der Waals surface area contributed by atoms with Crippen LogP contribution in [-0.4, -0.2) is 19.3 Å². The second kappa shape index (κ2) is 4.31. The highest BCUT2D eigenvalue weighted by Crippen LogP contribution is 2.27. The van der Waals surface area contributed by atoms with E-state index >= 15 is 0 Å². The van der Waals surface area contributed by atoms with Crippen LogP contribution in [0.5, 0.6) is 0 Å². The van der Waals surface area contributed by atoms with Gasteiger partial charge in [0.1, 0.15) is 0 Å². The van der Waals surface area contributed by atoms with Gasteiger partial charge in [0.2, 0.25) is 0 Å². The van der Waals surface area contributed by atoms with Gasteiger partial charge in [0.15, 0.2) is 0 Å². The van der Waals surface area contributed by atoms with Crippen LogP contribution in [0.25, 0.3) is 0 Å². The van der Waals surface area contributed by atoms with Crippen LogP contribution in [-0.2, 0) is 0 Å². The van der Waals surface area contributed by atoms with Gasteiger partial charge in [-0.3, -0.25) is 0 Å². The molecule has 0 amide bonds. The summed E-state index contributed by atoms with van der Waals surface area (Å²) < 4.78 is 35.7. The second-order valence-corrected chi connectivity index (χ2v) is 4.02. The third-order valence-electron chi connectivity index (χ3n) is 2.50. The van der Waals surface area contributed by atoms with Gasteiger partial charge in [-0.2, -0.15) is 13.2 Å². The minimum Gasteiger partial charge on any atom is -0.316 e. The number of alkyl halides is 3. The normalized spacial score (nSPS) is 30.5. The average Bonchev–Trinajstić information content (AvgIpc) is 2.00. The van der Waals surface area contributed by atoms with Gasteiger partial charge in [0, 0.05) is 6.42 Å². The lowest BCUT2D eigenvalue weighted by Gasteiger charge is -2.27. The lowest BCUT2D eigenvalue weighted by Crippen LogP contribution is -2.35. The van der Waals surface area contributed by atoms with E-state index in [1.54, 1.807) is 0 Å². The van der Waals surface area contributed by atoms with E-state index in [-0.39, 0.29) is 12.3 Å². The fourth-order valence-electron chi connectivity index (χ4n) is 1.86. The first-order valence-corrected chi connectivity index (χ1v) is 4.75. The first-order valence-electron chi connectivity index (χ1n) is 4.75. The summed E-state index contributed by atoms with van der Waals surface area (Å²) >= 11 is 0. The molecule has 0 aromatic carbocycles. The van der Waals surface area contributed by atoms with Gasteiger partial charge < -0.3 is 5.32 Å². The Hall–Kier alpha value is -0.250. The zero-order valence-electron chi connectivity index (χ0n) is 7.82.